The fourth-order valence-electron chi connectivity index (χ4n) is 5.28. The second-order valence-corrected chi connectivity index (χ2v) is 9.82. The number of para-hydroxylation sites is 2. The number of carbonyl (C=O) groups excluding carboxylic acids is 1. The van der Waals surface area contributed by atoms with Crippen molar-refractivity contribution in [3.8, 4) is 11.1 Å². The number of alkyl halides is 1. The van der Waals surface area contributed by atoms with Gasteiger partial charge in [-0.05, 0) is 54.7 Å². The number of anilines is 1. The zero-order valence-corrected chi connectivity index (χ0v) is 20.9. The van der Waals surface area contributed by atoms with Gasteiger partial charge in [0.1, 0.15) is 18.3 Å². The maximum absolute atomic E-state index is 13.3. The number of nitrogens with zero attached hydrogens (tertiary/aromatic N) is 4. The van der Waals surface area contributed by atoms with Crippen LogP contribution in [0.4, 0.5) is 10.2 Å². The number of pyridine rings is 1. The van der Waals surface area contributed by atoms with Crippen LogP contribution in [0.1, 0.15) is 36.6 Å². The van der Waals surface area contributed by atoms with E-state index < -0.39 is 6.67 Å². The molecule has 5 rings (SSSR count). The smallest absolute Gasteiger partial charge is 0.224 e. The minimum absolute atomic E-state index is 0.0647. The summed E-state index contributed by atoms with van der Waals surface area (Å²) in [5.41, 5.74) is 17.0. The number of rotatable bonds is 8. The number of benzene rings is 2. The monoisotopic (exact) mass is 500 g/mol. The molecule has 8 heteroatoms. The first-order valence-electron chi connectivity index (χ1n) is 12.9. The Morgan fingerprint density at radius 1 is 1.08 bits per heavy atom. The topological polar surface area (TPSA) is 103 Å². The van der Waals surface area contributed by atoms with Gasteiger partial charge in [0, 0.05) is 43.2 Å². The molecule has 1 fully saturated rings. The van der Waals surface area contributed by atoms with Gasteiger partial charge in [0.2, 0.25) is 5.91 Å². The lowest BCUT2D eigenvalue weighted by molar-refractivity contribution is -0.132. The van der Waals surface area contributed by atoms with Crippen LogP contribution in [0, 0.1) is 0 Å². The van der Waals surface area contributed by atoms with Crippen LogP contribution in [0.5, 0.6) is 0 Å². The molecule has 37 heavy (non-hydrogen) atoms. The number of hydrogen-bond donors (Lipinski definition) is 2. The summed E-state index contributed by atoms with van der Waals surface area (Å²) in [6.45, 7) is 1.13. The van der Waals surface area contributed by atoms with Crippen molar-refractivity contribution in [3.05, 3.63) is 78.2 Å². The first kappa shape index (κ1) is 24.9. The molecule has 0 radical (unpaired) electrons. The zero-order chi connectivity index (χ0) is 25.8. The number of fused-ring (bicyclic) bond motifs is 1. The molecule has 2 atom stereocenters. The molecule has 1 aliphatic rings. The molecule has 0 bridgehead atoms. The standard InChI is InChI=1S/C29H33FN6O/c30-13-15-36-26-6-2-1-5-25(26)34-29(36)23-4-3-14-35(19-23)28(37)17-24(31)16-20-7-9-21(10-8-20)22-11-12-27(32)33-18-22/h1-2,5-12,18,23-24H,3-4,13-17,19,31H2,(H2,32,33)/t23-,24-/m1/s1. The number of amides is 1. The van der Waals surface area contributed by atoms with Crippen LogP contribution in [-0.2, 0) is 17.8 Å². The average molecular weight is 501 g/mol. The van der Waals surface area contributed by atoms with Gasteiger partial charge in [-0.1, -0.05) is 36.4 Å². The van der Waals surface area contributed by atoms with Crippen LogP contribution in [0.2, 0.25) is 0 Å². The first-order valence-corrected chi connectivity index (χ1v) is 12.9. The second kappa shape index (κ2) is 11.1. The maximum atomic E-state index is 13.3. The molecule has 192 valence electrons. The van der Waals surface area contributed by atoms with Crippen molar-refractivity contribution in [2.75, 3.05) is 25.5 Å². The number of carbonyl (C=O) groups is 1. The Morgan fingerprint density at radius 2 is 1.86 bits per heavy atom. The van der Waals surface area contributed by atoms with Crippen LogP contribution in [0.15, 0.2) is 66.9 Å². The lowest BCUT2D eigenvalue weighted by Crippen LogP contribution is -2.42. The molecule has 1 amide bonds. The Hall–Kier alpha value is -3.78. The number of hydrogen-bond acceptors (Lipinski definition) is 5. The van der Waals surface area contributed by atoms with Crippen LogP contribution in [0.3, 0.4) is 0 Å². The summed E-state index contributed by atoms with van der Waals surface area (Å²) >= 11 is 0. The Labute approximate surface area is 216 Å². The van der Waals surface area contributed by atoms with Gasteiger partial charge >= 0.3 is 0 Å². The normalized spacial score (nSPS) is 16.7. The van der Waals surface area contributed by atoms with E-state index in [9.17, 15) is 9.18 Å². The van der Waals surface area contributed by atoms with Gasteiger partial charge in [-0.2, -0.15) is 0 Å². The van der Waals surface area contributed by atoms with E-state index in [1.54, 1.807) is 12.3 Å². The van der Waals surface area contributed by atoms with Crippen molar-refractivity contribution in [1.82, 2.24) is 19.4 Å². The molecule has 4 N–H and O–H groups in total. The predicted molar refractivity (Wildman–Crippen MR) is 145 cm³/mol. The fourth-order valence-corrected chi connectivity index (χ4v) is 5.28. The number of imidazole rings is 1. The Bertz CT molecular complexity index is 1350. The third-order valence-corrected chi connectivity index (χ3v) is 7.14. The molecule has 0 aliphatic carbocycles. The minimum atomic E-state index is -0.449. The maximum Gasteiger partial charge on any atom is 0.224 e. The van der Waals surface area contributed by atoms with E-state index in [4.69, 9.17) is 16.5 Å². The third-order valence-electron chi connectivity index (χ3n) is 7.14. The van der Waals surface area contributed by atoms with Crippen LogP contribution in [0.25, 0.3) is 22.2 Å². The van der Waals surface area contributed by atoms with Crippen LogP contribution in [-0.4, -0.2) is 51.1 Å². The molecule has 4 aromatic rings. The molecule has 7 nitrogen and oxygen atoms in total. The quantitative estimate of drug-likeness (QED) is 0.375. The lowest BCUT2D eigenvalue weighted by Gasteiger charge is -2.33. The van der Waals surface area contributed by atoms with E-state index >= 15 is 0 Å². The molecule has 0 unspecified atom stereocenters. The molecule has 1 aliphatic heterocycles. The van der Waals surface area contributed by atoms with Gasteiger partial charge in [-0.3, -0.25) is 4.79 Å². The number of nitrogens with two attached hydrogens (primary N) is 2. The molecule has 2 aromatic heterocycles. The summed E-state index contributed by atoms with van der Waals surface area (Å²) < 4.78 is 15.3. The number of halogens is 1. The Morgan fingerprint density at radius 3 is 2.62 bits per heavy atom. The van der Waals surface area contributed by atoms with E-state index in [-0.39, 0.29) is 30.8 Å². The molecule has 0 saturated carbocycles. The molecule has 0 spiro atoms. The van der Waals surface area contributed by atoms with Gasteiger partial charge in [-0.25, -0.2) is 14.4 Å². The number of piperidine rings is 1. The second-order valence-electron chi connectivity index (χ2n) is 9.82. The van der Waals surface area contributed by atoms with Crippen LogP contribution >= 0.6 is 0 Å². The van der Waals surface area contributed by atoms with Crippen molar-refractivity contribution in [3.63, 3.8) is 0 Å². The summed E-state index contributed by atoms with van der Waals surface area (Å²) in [5, 5.41) is 0. The summed E-state index contributed by atoms with van der Waals surface area (Å²) in [4.78, 5) is 24.0. The van der Waals surface area contributed by atoms with Crippen molar-refractivity contribution in [2.24, 2.45) is 5.73 Å². The van der Waals surface area contributed by atoms with Gasteiger partial charge in [-0.15, -0.1) is 0 Å². The van der Waals surface area contributed by atoms with E-state index in [1.165, 1.54) is 0 Å². The lowest BCUT2D eigenvalue weighted by atomic mass is 9.95. The SMILES string of the molecule is Nc1ccc(-c2ccc(C[C@@H](N)CC(=O)N3CCC[C@@H](c4nc5ccccc5n4CCF)C3)cc2)cn1. The summed E-state index contributed by atoms with van der Waals surface area (Å²) in [5.74, 6) is 1.52. The third kappa shape index (κ3) is 5.64. The van der Waals surface area contributed by atoms with Crippen molar-refractivity contribution in [1.29, 1.82) is 0 Å². The molecule has 3 heterocycles. The number of aromatic nitrogens is 3. The van der Waals surface area contributed by atoms with E-state index in [2.05, 4.69) is 4.98 Å². The minimum Gasteiger partial charge on any atom is -0.384 e. The van der Waals surface area contributed by atoms with Gasteiger partial charge in [0.15, 0.2) is 0 Å². The zero-order valence-electron chi connectivity index (χ0n) is 20.9. The van der Waals surface area contributed by atoms with Crippen molar-refractivity contribution >= 4 is 22.8 Å². The summed E-state index contributed by atoms with van der Waals surface area (Å²) in [6, 6.07) is 19.4. The highest BCUT2D eigenvalue weighted by Gasteiger charge is 2.29. The van der Waals surface area contributed by atoms with E-state index in [1.807, 2.05) is 64.1 Å². The average Bonchev–Trinajstić information content (AvgIpc) is 3.28. The number of nitrogen functional groups attached to an aromatic ring is 1. The number of aryl methyl sites for hydroxylation is 1. The van der Waals surface area contributed by atoms with Crippen LogP contribution < -0.4 is 11.5 Å². The molecular formula is C29H33FN6O. The number of likely N-dealkylation sites (tertiary alicyclic amines) is 1. The molecule has 1 saturated heterocycles. The van der Waals surface area contributed by atoms with Gasteiger partial charge in [0.05, 0.1) is 17.6 Å². The van der Waals surface area contributed by atoms with E-state index in [0.717, 1.165) is 52.9 Å². The molecular weight excluding hydrogens is 467 g/mol. The van der Waals surface area contributed by atoms with Crippen molar-refractivity contribution in [2.45, 2.75) is 44.2 Å². The largest absolute Gasteiger partial charge is 0.384 e. The highest BCUT2D eigenvalue weighted by molar-refractivity contribution is 5.78. The Balaban J connectivity index is 1.21. The summed E-state index contributed by atoms with van der Waals surface area (Å²) in [7, 11) is 0. The summed E-state index contributed by atoms with van der Waals surface area (Å²) in [6.07, 6.45) is 4.49. The van der Waals surface area contributed by atoms with Gasteiger partial charge in [0.25, 0.3) is 0 Å². The van der Waals surface area contributed by atoms with Crippen molar-refractivity contribution < 1.29 is 9.18 Å². The molecule has 2 aromatic carbocycles. The fraction of sp³-hybridized carbons (Fsp3) is 0.345. The van der Waals surface area contributed by atoms with Gasteiger partial charge < -0.3 is 20.9 Å². The highest BCUT2D eigenvalue weighted by atomic mass is 19.1. The van der Waals surface area contributed by atoms with E-state index in [0.29, 0.717) is 18.8 Å². The predicted octanol–water partition coefficient (Wildman–Crippen LogP) is 4.32. The first-order chi connectivity index (χ1) is 18.0. The Kier molecular flexibility index (Phi) is 7.46. The highest BCUT2D eigenvalue weighted by Crippen LogP contribution is 2.30.